The molecule has 0 radical (unpaired) electrons. The van der Waals surface area contributed by atoms with Gasteiger partial charge in [0.2, 0.25) is 0 Å². The highest BCUT2D eigenvalue weighted by Gasteiger charge is 2.21. The van der Waals surface area contributed by atoms with E-state index in [4.69, 9.17) is 4.74 Å². The SMILES string of the molecule is c1ccc2c(c1)Oc1ccc(-c3ccc4c5cccc6cccc(c7cccc3c74)c65)cc1-c1ccccc1-2. The van der Waals surface area contributed by atoms with Gasteiger partial charge in [0.05, 0.1) is 0 Å². The van der Waals surface area contributed by atoms with Crippen LogP contribution in [0.1, 0.15) is 0 Å². The molecular weight excluding hydrogens is 472 g/mol. The molecule has 0 atom stereocenters. The largest absolute Gasteiger partial charge is 0.456 e. The first kappa shape index (κ1) is 20.9. The fourth-order valence-corrected chi connectivity index (χ4v) is 6.74. The van der Waals surface area contributed by atoms with Gasteiger partial charge in [0, 0.05) is 11.1 Å². The Hall–Kier alpha value is -5.14. The van der Waals surface area contributed by atoms with Gasteiger partial charge >= 0.3 is 0 Å². The second-order valence-electron chi connectivity index (χ2n) is 10.5. The van der Waals surface area contributed by atoms with E-state index < -0.39 is 0 Å². The minimum atomic E-state index is 0.888. The standard InChI is InChI=1S/C38H22O/c1-2-11-27-26(10-1)28-12-3-4-17-35(28)39-36-21-18-24(22-34(27)36)25-19-20-33-31-14-6-9-23-8-5-13-30(37(23)31)32-16-7-15-29(25)38(32)33/h1-22H. The number of rotatable bonds is 1. The van der Waals surface area contributed by atoms with E-state index >= 15 is 0 Å². The third-order valence-corrected chi connectivity index (χ3v) is 8.43. The van der Waals surface area contributed by atoms with Crippen LogP contribution in [0.5, 0.6) is 11.5 Å². The van der Waals surface area contributed by atoms with Gasteiger partial charge in [0.25, 0.3) is 0 Å². The topological polar surface area (TPSA) is 9.23 Å². The summed E-state index contributed by atoms with van der Waals surface area (Å²) in [6, 6.07) is 48.3. The molecule has 0 bridgehead atoms. The molecule has 8 aromatic carbocycles. The number of para-hydroxylation sites is 1. The van der Waals surface area contributed by atoms with Gasteiger partial charge in [-0.3, -0.25) is 0 Å². The highest BCUT2D eigenvalue weighted by atomic mass is 16.5. The first-order valence-electron chi connectivity index (χ1n) is 13.4. The minimum absolute atomic E-state index is 0.888. The highest BCUT2D eigenvalue weighted by Crippen LogP contribution is 2.49. The minimum Gasteiger partial charge on any atom is -0.456 e. The zero-order valence-electron chi connectivity index (χ0n) is 21.1. The molecule has 0 amide bonds. The zero-order valence-corrected chi connectivity index (χ0v) is 21.1. The van der Waals surface area contributed by atoms with Gasteiger partial charge in [-0.25, -0.2) is 0 Å². The van der Waals surface area contributed by atoms with Crippen LogP contribution in [0.3, 0.4) is 0 Å². The van der Waals surface area contributed by atoms with Crippen LogP contribution in [-0.2, 0) is 0 Å². The predicted molar refractivity (Wildman–Crippen MR) is 164 cm³/mol. The number of benzene rings is 8. The summed E-state index contributed by atoms with van der Waals surface area (Å²) in [4.78, 5) is 0. The summed E-state index contributed by atoms with van der Waals surface area (Å²) in [6.07, 6.45) is 0. The van der Waals surface area contributed by atoms with Crippen molar-refractivity contribution in [2.45, 2.75) is 0 Å². The van der Waals surface area contributed by atoms with Crippen LogP contribution in [0, 0.1) is 0 Å². The fraction of sp³-hybridized carbons (Fsp3) is 0. The second-order valence-corrected chi connectivity index (χ2v) is 10.5. The average Bonchev–Trinajstić information content (AvgIpc) is 3.14. The van der Waals surface area contributed by atoms with Gasteiger partial charge in [-0.15, -0.1) is 0 Å². The lowest BCUT2D eigenvalue weighted by Crippen LogP contribution is -1.90. The smallest absolute Gasteiger partial charge is 0.135 e. The van der Waals surface area contributed by atoms with Gasteiger partial charge in [-0.2, -0.15) is 0 Å². The summed E-state index contributed by atoms with van der Waals surface area (Å²) in [5.74, 6) is 1.78. The number of fused-ring (bicyclic) bond motifs is 7. The molecule has 0 spiro atoms. The molecule has 9 rings (SSSR count). The Bertz CT molecular complexity index is 2210. The normalized spacial score (nSPS) is 12.3. The Morgan fingerprint density at radius 1 is 0.333 bits per heavy atom. The van der Waals surface area contributed by atoms with Crippen LogP contribution >= 0.6 is 0 Å². The van der Waals surface area contributed by atoms with Crippen molar-refractivity contribution in [2.75, 3.05) is 0 Å². The molecule has 39 heavy (non-hydrogen) atoms. The summed E-state index contributed by atoms with van der Waals surface area (Å²) in [5.41, 5.74) is 7.08. The van der Waals surface area contributed by atoms with Gasteiger partial charge in [0.15, 0.2) is 0 Å². The van der Waals surface area contributed by atoms with Crippen molar-refractivity contribution in [1.82, 2.24) is 0 Å². The third kappa shape index (κ3) is 2.85. The molecule has 1 nitrogen and oxygen atoms in total. The Balaban J connectivity index is 1.34. The summed E-state index contributed by atoms with van der Waals surface area (Å²) < 4.78 is 6.50. The molecule has 0 saturated carbocycles. The first-order chi connectivity index (χ1) is 19.3. The number of ether oxygens (including phenoxy) is 1. The Labute approximate surface area is 225 Å². The van der Waals surface area contributed by atoms with E-state index in [1.165, 1.54) is 65.3 Å². The average molecular weight is 495 g/mol. The molecule has 1 heteroatoms. The van der Waals surface area contributed by atoms with E-state index in [0.29, 0.717) is 0 Å². The van der Waals surface area contributed by atoms with Crippen molar-refractivity contribution >= 4 is 43.1 Å². The monoisotopic (exact) mass is 494 g/mol. The molecule has 1 heterocycles. The fourth-order valence-electron chi connectivity index (χ4n) is 6.74. The van der Waals surface area contributed by atoms with E-state index in [1.807, 2.05) is 6.07 Å². The molecule has 0 aromatic heterocycles. The third-order valence-electron chi connectivity index (χ3n) is 8.43. The molecule has 0 saturated heterocycles. The first-order valence-corrected chi connectivity index (χ1v) is 13.4. The lowest BCUT2D eigenvalue weighted by Gasteiger charge is -2.17. The van der Waals surface area contributed by atoms with Crippen LogP contribution in [0.15, 0.2) is 133 Å². The molecule has 0 N–H and O–H groups in total. The van der Waals surface area contributed by atoms with Crippen molar-refractivity contribution < 1.29 is 4.74 Å². The maximum atomic E-state index is 6.50. The zero-order chi connectivity index (χ0) is 25.5. The van der Waals surface area contributed by atoms with E-state index in [1.54, 1.807) is 0 Å². The molecule has 180 valence electrons. The lowest BCUT2D eigenvalue weighted by molar-refractivity contribution is 0.488. The summed E-state index contributed by atoms with van der Waals surface area (Å²) >= 11 is 0. The van der Waals surface area contributed by atoms with Gasteiger partial charge in [-0.1, -0.05) is 115 Å². The Morgan fingerprint density at radius 2 is 0.923 bits per heavy atom. The highest BCUT2D eigenvalue weighted by molar-refractivity contribution is 6.34. The van der Waals surface area contributed by atoms with E-state index in [2.05, 4.69) is 127 Å². The van der Waals surface area contributed by atoms with Crippen molar-refractivity contribution in [3.05, 3.63) is 133 Å². The number of hydrogen-bond acceptors (Lipinski definition) is 1. The second kappa shape index (κ2) is 7.69. The van der Waals surface area contributed by atoms with Gasteiger partial charge in [-0.05, 0) is 83.5 Å². The Kier molecular flexibility index (Phi) is 4.11. The lowest BCUT2D eigenvalue weighted by atomic mass is 9.86. The van der Waals surface area contributed by atoms with E-state index in [-0.39, 0.29) is 0 Å². The van der Waals surface area contributed by atoms with Crippen LogP contribution in [0.25, 0.3) is 76.5 Å². The van der Waals surface area contributed by atoms with Crippen LogP contribution in [0.4, 0.5) is 0 Å². The van der Waals surface area contributed by atoms with Crippen LogP contribution < -0.4 is 4.74 Å². The molecule has 8 aromatic rings. The van der Waals surface area contributed by atoms with Gasteiger partial charge in [0.1, 0.15) is 11.5 Å². The van der Waals surface area contributed by atoms with Gasteiger partial charge < -0.3 is 4.74 Å². The van der Waals surface area contributed by atoms with Crippen molar-refractivity contribution in [3.63, 3.8) is 0 Å². The molecule has 0 aliphatic carbocycles. The maximum Gasteiger partial charge on any atom is 0.135 e. The summed E-state index contributed by atoms with van der Waals surface area (Å²) in [5, 5.41) is 10.5. The maximum absolute atomic E-state index is 6.50. The number of hydrogen-bond donors (Lipinski definition) is 0. The molecular formula is C38H22O. The van der Waals surface area contributed by atoms with Crippen LogP contribution in [0.2, 0.25) is 0 Å². The van der Waals surface area contributed by atoms with E-state index in [9.17, 15) is 0 Å². The summed E-state index contributed by atoms with van der Waals surface area (Å²) in [7, 11) is 0. The van der Waals surface area contributed by atoms with Crippen molar-refractivity contribution in [2.24, 2.45) is 0 Å². The summed E-state index contributed by atoms with van der Waals surface area (Å²) in [6.45, 7) is 0. The Morgan fingerprint density at radius 3 is 1.72 bits per heavy atom. The quantitative estimate of drug-likeness (QED) is 0.163. The molecule has 1 aliphatic rings. The van der Waals surface area contributed by atoms with Crippen molar-refractivity contribution in [1.29, 1.82) is 0 Å². The van der Waals surface area contributed by atoms with Crippen LogP contribution in [-0.4, -0.2) is 0 Å². The molecule has 1 aliphatic heterocycles. The van der Waals surface area contributed by atoms with Crippen molar-refractivity contribution in [3.8, 4) is 44.9 Å². The van der Waals surface area contributed by atoms with E-state index in [0.717, 1.165) is 22.6 Å². The molecule has 0 fully saturated rings. The molecule has 0 unspecified atom stereocenters. The predicted octanol–water partition coefficient (Wildman–Crippen LogP) is 10.8.